The Labute approximate surface area is 213 Å². The standard InChI is InChI=1S/C17H26N6O13P2/c18-17-22-9-6-1-2-19-15-12(26)10(24)7(34-15)3-32-37(28,29)36-38(30,31)33-4-8-11(25)13(27)16(35-8)23(17)14(9)21-5-20-6/h5,7-8,10-13,15-16,19,24-27H,1-4H2,(H2,18,22)(H,28,29)(H,30,31)/t7-,8-,10-,11-,12-,13-,15+,16-/m1/s1. The molecular formula is C17H26N6O13P2. The van der Waals surface area contributed by atoms with Crippen LogP contribution < -0.4 is 11.1 Å². The highest BCUT2D eigenvalue weighted by atomic mass is 31.3. The molecular weight excluding hydrogens is 558 g/mol. The Hall–Kier alpha value is -1.67. The molecule has 3 aliphatic rings. The molecule has 2 unspecified atom stereocenters. The largest absolute Gasteiger partial charge is 0.481 e. The van der Waals surface area contributed by atoms with Crippen molar-refractivity contribution in [3.8, 4) is 0 Å². The van der Waals surface area contributed by atoms with Gasteiger partial charge >= 0.3 is 15.6 Å². The predicted molar refractivity (Wildman–Crippen MR) is 121 cm³/mol. The Balaban J connectivity index is 1.47. The first kappa shape index (κ1) is 27.9. The van der Waals surface area contributed by atoms with Gasteiger partial charge in [0, 0.05) is 13.0 Å². The van der Waals surface area contributed by atoms with E-state index < -0.39 is 77.9 Å². The maximum Gasteiger partial charge on any atom is 0.481 e. The maximum atomic E-state index is 12.3. The zero-order chi connectivity index (χ0) is 27.4. The third-order valence-electron chi connectivity index (χ3n) is 6.25. The number of aliphatic hydroxyl groups excluding tert-OH is 4. The summed E-state index contributed by atoms with van der Waals surface area (Å²) in [7, 11) is -10.5. The summed E-state index contributed by atoms with van der Waals surface area (Å²) in [6.45, 7) is -1.51. The van der Waals surface area contributed by atoms with Gasteiger partial charge in [0.15, 0.2) is 11.9 Å². The Bertz CT molecular complexity index is 1280. The quantitative estimate of drug-likeness (QED) is 0.142. The molecule has 212 valence electrons. The monoisotopic (exact) mass is 584 g/mol. The topological polar surface area (TPSA) is 283 Å². The van der Waals surface area contributed by atoms with Crippen LogP contribution in [-0.2, 0) is 38.4 Å². The van der Waals surface area contributed by atoms with E-state index in [0.29, 0.717) is 5.69 Å². The Morgan fingerprint density at radius 2 is 1.58 bits per heavy atom. The highest BCUT2D eigenvalue weighted by Gasteiger charge is 2.48. The Morgan fingerprint density at radius 1 is 0.947 bits per heavy atom. The molecule has 21 heteroatoms. The van der Waals surface area contributed by atoms with Crippen molar-refractivity contribution in [2.24, 2.45) is 0 Å². The van der Waals surface area contributed by atoms with Gasteiger partial charge in [0.05, 0.1) is 18.9 Å². The lowest BCUT2D eigenvalue weighted by Gasteiger charge is -2.20. The number of nitrogens with zero attached hydrogens (tertiary/aromatic N) is 4. The summed E-state index contributed by atoms with van der Waals surface area (Å²) >= 11 is 0. The van der Waals surface area contributed by atoms with Crippen molar-refractivity contribution in [1.29, 1.82) is 0 Å². The summed E-state index contributed by atoms with van der Waals surface area (Å²) in [6.07, 6.45) is -9.98. The summed E-state index contributed by atoms with van der Waals surface area (Å²) in [4.78, 5) is 32.4. The molecule has 0 aromatic carbocycles. The number of nitrogens with two attached hydrogens (primary N) is 1. The minimum Gasteiger partial charge on any atom is -0.387 e. The lowest BCUT2D eigenvalue weighted by Crippen LogP contribution is -2.41. The van der Waals surface area contributed by atoms with E-state index in [0.717, 1.165) is 0 Å². The third kappa shape index (κ3) is 5.36. The Kier molecular flexibility index (Phi) is 7.62. The number of imidazole rings is 1. The molecule has 2 aromatic rings. The number of hydrogen-bond acceptors (Lipinski definition) is 16. The molecule has 8 bridgehead atoms. The molecule has 38 heavy (non-hydrogen) atoms. The molecule has 5 rings (SSSR count). The maximum absolute atomic E-state index is 12.3. The van der Waals surface area contributed by atoms with Crippen LogP contribution in [0.15, 0.2) is 6.33 Å². The molecule has 0 saturated carbocycles. The van der Waals surface area contributed by atoms with Crippen LogP contribution in [-0.4, -0.2) is 112 Å². The second-order valence-corrected chi connectivity index (χ2v) is 11.8. The van der Waals surface area contributed by atoms with Crippen LogP contribution >= 0.6 is 15.6 Å². The van der Waals surface area contributed by atoms with Crippen LogP contribution in [0.5, 0.6) is 0 Å². The van der Waals surface area contributed by atoms with Gasteiger partial charge < -0.3 is 45.4 Å². The van der Waals surface area contributed by atoms with E-state index in [9.17, 15) is 39.3 Å². The van der Waals surface area contributed by atoms with Gasteiger partial charge in [-0.05, 0) is 0 Å². The molecule has 0 aliphatic carbocycles. The van der Waals surface area contributed by atoms with Crippen LogP contribution in [0.1, 0.15) is 11.9 Å². The van der Waals surface area contributed by atoms with E-state index in [1.807, 2.05) is 0 Å². The van der Waals surface area contributed by atoms with E-state index in [1.54, 1.807) is 0 Å². The first-order valence-electron chi connectivity index (χ1n) is 11.3. The van der Waals surface area contributed by atoms with Gasteiger partial charge in [0.25, 0.3) is 0 Å². The smallest absolute Gasteiger partial charge is 0.387 e. The van der Waals surface area contributed by atoms with Gasteiger partial charge in [-0.1, -0.05) is 0 Å². The number of fused-ring (bicyclic) bond motifs is 5. The molecule has 3 aliphatic heterocycles. The number of aliphatic hydroxyl groups is 4. The summed E-state index contributed by atoms with van der Waals surface area (Å²) in [5.41, 5.74) is 6.89. The highest BCUT2D eigenvalue weighted by Crippen LogP contribution is 2.60. The lowest BCUT2D eigenvalue weighted by molar-refractivity contribution is -0.0499. The number of ether oxygens (including phenoxy) is 2. The van der Waals surface area contributed by atoms with Crippen molar-refractivity contribution in [2.45, 2.75) is 55.5 Å². The highest BCUT2D eigenvalue weighted by molar-refractivity contribution is 7.61. The van der Waals surface area contributed by atoms with Crippen LogP contribution in [0.4, 0.5) is 5.95 Å². The molecule has 2 fully saturated rings. The molecule has 0 radical (unpaired) electrons. The van der Waals surface area contributed by atoms with E-state index >= 15 is 0 Å². The number of aromatic nitrogens is 4. The number of rotatable bonds is 0. The fourth-order valence-electron chi connectivity index (χ4n) is 4.39. The van der Waals surface area contributed by atoms with Crippen molar-refractivity contribution >= 4 is 32.8 Å². The number of nitrogens with one attached hydrogen (secondary N) is 1. The molecule has 2 aromatic heterocycles. The van der Waals surface area contributed by atoms with Crippen LogP contribution in [0.2, 0.25) is 0 Å². The first-order valence-corrected chi connectivity index (χ1v) is 14.3. The fraction of sp³-hybridized carbons (Fsp3) is 0.706. The van der Waals surface area contributed by atoms with E-state index in [2.05, 4.69) is 29.1 Å². The summed E-state index contributed by atoms with van der Waals surface area (Å²) < 4.78 is 50.4. The minimum atomic E-state index is -5.29. The molecule has 9 N–H and O–H groups in total. The van der Waals surface area contributed by atoms with Crippen molar-refractivity contribution in [3.63, 3.8) is 0 Å². The molecule has 19 nitrogen and oxygen atoms in total. The second-order valence-electron chi connectivity index (χ2n) is 8.77. The van der Waals surface area contributed by atoms with Crippen LogP contribution in [0.25, 0.3) is 11.2 Å². The molecule has 10 atom stereocenters. The van der Waals surface area contributed by atoms with Crippen molar-refractivity contribution in [3.05, 3.63) is 12.0 Å². The van der Waals surface area contributed by atoms with Gasteiger partial charge in [-0.15, -0.1) is 0 Å². The molecule has 5 heterocycles. The Morgan fingerprint density at radius 3 is 2.26 bits per heavy atom. The number of nitrogen functional groups attached to an aromatic ring is 1. The number of hydrogen-bond donors (Lipinski definition) is 8. The number of phosphoric acid groups is 2. The SMILES string of the molecule is Nc1nc2c3ncnc2n1[C@@H]1O[C@H](COP(=O)(O)OP(=O)(O)OC[C@H]2O[C@H](NCC3)[C@H](O)[C@@H]2O)[C@@H](O)[C@H]1O. The first-order chi connectivity index (χ1) is 17.9. The normalized spacial score (nSPS) is 43.0. The van der Waals surface area contributed by atoms with Gasteiger partial charge in [-0.25, -0.2) is 24.1 Å². The zero-order valence-electron chi connectivity index (χ0n) is 19.3. The molecule has 2 saturated heterocycles. The van der Waals surface area contributed by atoms with Crippen molar-refractivity contribution in [1.82, 2.24) is 24.8 Å². The molecule has 0 spiro atoms. The average molecular weight is 584 g/mol. The van der Waals surface area contributed by atoms with E-state index in [4.69, 9.17) is 19.7 Å². The van der Waals surface area contributed by atoms with E-state index in [1.165, 1.54) is 10.9 Å². The third-order valence-corrected chi connectivity index (χ3v) is 8.85. The van der Waals surface area contributed by atoms with Crippen LogP contribution in [0.3, 0.4) is 0 Å². The van der Waals surface area contributed by atoms with Crippen LogP contribution in [0, 0.1) is 0 Å². The summed E-state index contributed by atoms with van der Waals surface area (Å²) in [6, 6.07) is 0. The number of anilines is 1. The van der Waals surface area contributed by atoms with Gasteiger partial charge in [0.1, 0.15) is 54.7 Å². The second kappa shape index (κ2) is 10.4. The summed E-state index contributed by atoms with van der Waals surface area (Å²) in [5.74, 6) is -0.145. The number of phosphoric ester groups is 2. The average Bonchev–Trinajstić information content (AvgIpc) is 3.42. The fourth-order valence-corrected chi connectivity index (χ4v) is 6.48. The zero-order valence-corrected chi connectivity index (χ0v) is 21.1. The molecule has 0 amide bonds. The van der Waals surface area contributed by atoms with Gasteiger partial charge in [-0.3, -0.25) is 18.9 Å². The van der Waals surface area contributed by atoms with E-state index in [-0.39, 0.29) is 30.1 Å². The lowest BCUT2D eigenvalue weighted by atomic mass is 10.1. The predicted octanol–water partition coefficient (Wildman–Crippen LogP) is -3.13. The van der Waals surface area contributed by atoms with Crippen molar-refractivity contribution in [2.75, 3.05) is 25.5 Å². The van der Waals surface area contributed by atoms with Gasteiger partial charge in [-0.2, -0.15) is 4.31 Å². The summed E-state index contributed by atoms with van der Waals surface area (Å²) in [5, 5.41) is 44.5. The van der Waals surface area contributed by atoms with Crippen molar-refractivity contribution < 1.29 is 62.2 Å². The van der Waals surface area contributed by atoms with Gasteiger partial charge in [0.2, 0.25) is 5.95 Å². The minimum absolute atomic E-state index is 0.145.